The Morgan fingerprint density at radius 1 is 1.43 bits per heavy atom. The van der Waals surface area contributed by atoms with Crippen molar-refractivity contribution >= 4 is 34.7 Å². The van der Waals surface area contributed by atoms with Crippen LogP contribution in [0, 0.1) is 0 Å². The smallest absolute Gasteiger partial charge is 0.264 e. The minimum absolute atomic E-state index is 0.00432. The summed E-state index contributed by atoms with van der Waals surface area (Å²) in [6, 6.07) is 5.30. The lowest BCUT2D eigenvalue weighted by Gasteiger charge is -2.17. The van der Waals surface area contributed by atoms with Crippen molar-refractivity contribution in [3.63, 3.8) is 0 Å². The molecular formula is C15H17ClN4O2S. The summed E-state index contributed by atoms with van der Waals surface area (Å²) >= 11 is 7.19. The zero-order valence-corrected chi connectivity index (χ0v) is 14.5. The number of rotatable bonds is 4. The number of nitrogens with zero attached hydrogens (tertiary/aromatic N) is 4. The molecule has 8 heteroatoms. The molecule has 1 saturated heterocycles. The molecule has 0 bridgehead atoms. The molecule has 1 amide bonds. The Kier molecular flexibility index (Phi) is 4.68. The van der Waals surface area contributed by atoms with Gasteiger partial charge < -0.3 is 14.5 Å². The number of aromatic nitrogens is 2. The second-order valence-electron chi connectivity index (χ2n) is 5.49. The van der Waals surface area contributed by atoms with E-state index in [1.807, 2.05) is 19.0 Å². The van der Waals surface area contributed by atoms with Gasteiger partial charge in [-0.05, 0) is 12.1 Å². The molecule has 0 spiro atoms. The SMILES string of the molecule is CN(C)c1cc(O[C@H]2CCN(C(=O)c3ccc(Cl)s3)C2)ncn1. The molecule has 0 radical (unpaired) electrons. The van der Waals surface area contributed by atoms with Crippen LogP contribution in [0.3, 0.4) is 0 Å². The molecule has 0 aliphatic carbocycles. The average molecular weight is 353 g/mol. The lowest BCUT2D eigenvalue weighted by Crippen LogP contribution is -2.30. The van der Waals surface area contributed by atoms with Crippen LogP contribution >= 0.6 is 22.9 Å². The van der Waals surface area contributed by atoms with Crippen LogP contribution in [0.5, 0.6) is 5.88 Å². The fourth-order valence-electron chi connectivity index (χ4n) is 2.40. The standard InChI is InChI=1S/C15H17ClN4O2S/c1-19(2)13-7-14(18-9-17-13)22-10-5-6-20(8-10)15(21)11-3-4-12(16)23-11/h3-4,7,9-10H,5-6,8H2,1-2H3/t10-/m0/s1. The van der Waals surface area contributed by atoms with Gasteiger partial charge in [0.2, 0.25) is 5.88 Å². The first-order chi connectivity index (χ1) is 11.0. The number of ether oxygens (including phenoxy) is 1. The Morgan fingerprint density at radius 2 is 2.26 bits per heavy atom. The van der Waals surface area contributed by atoms with Gasteiger partial charge in [-0.1, -0.05) is 11.6 Å². The van der Waals surface area contributed by atoms with Crippen LogP contribution in [0.2, 0.25) is 4.34 Å². The lowest BCUT2D eigenvalue weighted by atomic mass is 10.3. The van der Waals surface area contributed by atoms with Gasteiger partial charge in [-0.15, -0.1) is 11.3 Å². The number of amides is 1. The molecular weight excluding hydrogens is 336 g/mol. The van der Waals surface area contributed by atoms with Crippen molar-refractivity contribution in [2.24, 2.45) is 0 Å². The monoisotopic (exact) mass is 352 g/mol. The normalized spacial score (nSPS) is 17.3. The third kappa shape index (κ3) is 3.73. The zero-order chi connectivity index (χ0) is 16.4. The maximum atomic E-state index is 12.4. The number of hydrogen-bond acceptors (Lipinski definition) is 6. The van der Waals surface area contributed by atoms with E-state index in [2.05, 4.69) is 9.97 Å². The number of hydrogen-bond donors (Lipinski definition) is 0. The predicted molar refractivity (Wildman–Crippen MR) is 90.6 cm³/mol. The Morgan fingerprint density at radius 3 is 2.96 bits per heavy atom. The second-order valence-corrected chi connectivity index (χ2v) is 7.21. The minimum atomic E-state index is -0.0562. The van der Waals surface area contributed by atoms with Crippen LogP contribution in [0.4, 0.5) is 5.82 Å². The van der Waals surface area contributed by atoms with Crippen molar-refractivity contribution in [1.82, 2.24) is 14.9 Å². The van der Waals surface area contributed by atoms with E-state index in [9.17, 15) is 4.79 Å². The topological polar surface area (TPSA) is 58.6 Å². The highest BCUT2D eigenvalue weighted by Gasteiger charge is 2.29. The Balaban J connectivity index is 1.62. The molecule has 122 valence electrons. The lowest BCUT2D eigenvalue weighted by molar-refractivity contribution is 0.0776. The van der Waals surface area contributed by atoms with Crippen molar-refractivity contribution < 1.29 is 9.53 Å². The average Bonchev–Trinajstić information content (AvgIpc) is 3.16. The summed E-state index contributed by atoms with van der Waals surface area (Å²) in [6.45, 7) is 1.22. The van der Waals surface area contributed by atoms with Crippen molar-refractivity contribution in [2.45, 2.75) is 12.5 Å². The number of thiophene rings is 1. The molecule has 23 heavy (non-hydrogen) atoms. The van der Waals surface area contributed by atoms with Gasteiger partial charge in [-0.2, -0.15) is 0 Å². The van der Waals surface area contributed by atoms with Gasteiger partial charge in [-0.3, -0.25) is 4.79 Å². The summed E-state index contributed by atoms with van der Waals surface area (Å²) in [7, 11) is 3.82. The van der Waals surface area contributed by atoms with E-state index in [0.717, 1.165) is 12.2 Å². The Labute approximate surface area is 143 Å². The Hall–Kier alpha value is -1.86. The van der Waals surface area contributed by atoms with E-state index in [1.165, 1.54) is 17.7 Å². The van der Waals surface area contributed by atoms with Gasteiger partial charge in [0, 0.05) is 33.1 Å². The van der Waals surface area contributed by atoms with Crippen molar-refractivity contribution in [2.75, 3.05) is 32.1 Å². The maximum absolute atomic E-state index is 12.4. The summed E-state index contributed by atoms with van der Waals surface area (Å²) in [5.74, 6) is 1.32. The first-order valence-corrected chi connectivity index (χ1v) is 8.43. The molecule has 0 unspecified atom stereocenters. The molecule has 1 fully saturated rings. The van der Waals surface area contributed by atoms with E-state index < -0.39 is 0 Å². The van der Waals surface area contributed by atoms with E-state index in [-0.39, 0.29) is 12.0 Å². The molecule has 1 aliphatic heterocycles. The third-order valence-corrected chi connectivity index (χ3v) is 4.81. The van der Waals surface area contributed by atoms with Crippen LogP contribution < -0.4 is 9.64 Å². The number of halogens is 1. The van der Waals surface area contributed by atoms with Crippen LogP contribution in [0.15, 0.2) is 24.5 Å². The molecule has 1 aliphatic rings. The first-order valence-electron chi connectivity index (χ1n) is 7.23. The van der Waals surface area contributed by atoms with E-state index in [4.69, 9.17) is 16.3 Å². The van der Waals surface area contributed by atoms with Gasteiger partial charge in [0.05, 0.1) is 15.8 Å². The van der Waals surface area contributed by atoms with Gasteiger partial charge in [0.1, 0.15) is 18.2 Å². The number of likely N-dealkylation sites (tertiary alicyclic amines) is 1. The zero-order valence-electron chi connectivity index (χ0n) is 12.9. The van der Waals surface area contributed by atoms with Crippen molar-refractivity contribution in [3.05, 3.63) is 33.7 Å². The molecule has 0 N–H and O–H groups in total. The van der Waals surface area contributed by atoms with Crippen LogP contribution in [-0.4, -0.2) is 54.1 Å². The predicted octanol–water partition coefficient (Wildman–Crippen LogP) is 2.55. The highest BCUT2D eigenvalue weighted by molar-refractivity contribution is 7.17. The molecule has 2 aromatic rings. The minimum Gasteiger partial charge on any atom is -0.472 e. The van der Waals surface area contributed by atoms with E-state index >= 15 is 0 Å². The third-order valence-electron chi connectivity index (χ3n) is 3.59. The molecule has 2 aromatic heterocycles. The van der Waals surface area contributed by atoms with Crippen molar-refractivity contribution in [3.8, 4) is 5.88 Å². The first kappa shape index (κ1) is 16.0. The van der Waals surface area contributed by atoms with Crippen molar-refractivity contribution in [1.29, 1.82) is 0 Å². The quantitative estimate of drug-likeness (QED) is 0.846. The van der Waals surface area contributed by atoms with E-state index in [0.29, 0.717) is 28.2 Å². The fourth-order valence-corrected chi connectivity index (χ4v) is 3.41. The van der Waals surface area contributed by atoms with Gasteiger partial charge >= 0.3 is 0 Å². The highest BCUT2D eigenvalue weighted by Crippen LogP contribution is 2.25. The molecule has 3 rings (SSSR count). The molecule has 3 heterocycles. The molecule has 0 aromatic carbocycles. The highest BCUT2D eigenvalue weighted by atomic mass is 35.5. The number of anilines is 1. The molecule has 6 nitrogen and oxygen atoms in total. The van der Waals surface area contributed by atoms with E-state index in [1.54, 1.807) is 23.1 Å². The second kappa shape index (κ2) is 6.72. The van der Waals surface area contributed by atoms with Crippen LogP contribution in [-0.2, 0) is 0 Å². The Bertz CT molecular complexity index is 706. The summed E-state index contributed by atoms with van der Waals surface area (Å²) < 4.78 is 6.52. The number of carbonyl (C=O) groups is 1. The number of carbonyl (C=O) groups excluding carboxylic acids is 1. The van der Waals surface area contributed by atoms with Crippen LogP contribution in [0.25, 0.3) is 0 Å². The van der Waals surface area contributed by atoms with Gasteiger partial charge in [0.25, 0.3) is 5.91 Å². The summed E-state index contributed by atoms with van der Waals surface area (Å²) in [5, 5.41) is 0. The van der Waals surface area contributed by atoms with Gasteiger partial charge in [0.15, 0.2) is 0 Å². The largest absolute Gasteiger partial charge is 0.472 e. The van der Waals surface area contributed by atoms with Crippen LogP contribution in [0.1, 0.15) is 16.1 Å². The summed E-state index contributed by atoms with van der Waals surface area (Å²) in [5.41, 5.74) is 0. The molecule has 1 atom stereocenters. The maximum Gasteiger partial charge on any atom is 0.264 e. The van der Waals surface area contributed by atoms with Gasteiger partial charge in [-0.25, -0.2) is 9.97 Å². The fraction of sp³-hybridized carbons (Fsp3) is 0.400. The summed E-state index contributed by atoms with van der Waals surface area (Å²) in [6.07, 6.45) is 2.21. The summed E-state index contributed by atoms with van der Waals surface area (Å²) in [4.78, 5) is 25.0. The molecule has 0 saturated carbocycles.